The van der Waals surface area contributed by atoms with Crippen molar-refractivity contribution >= 4 is 21.6 Å². The summed E-state index contributed by atoms with van der Waals surface area (Å²) in [5.74, 6) is 0.937. The first kappa shape index (κ1) is 14.8. The van der Waals surface area contributed by atoms with Gasteiger partial charge in [-0.2, -0.15) is 0 Å². The van der Waals surface area contributed by atoms with E-state index in [9.17, 15) is 13.2 Å². The minimum absolute atomic E-state index is 0.0842. The van der Waals surface area contributed by atoms with Gasteiger partial charge in [0.05, 0.1) is 17.6 Å². The summed E-state index contributed by atoms with van der Waals surface area (Å²) in [6.45, 7) is 1.82. The number of H-pyrrole nitrogens is 1. The first-order valence-corrected chi connectivity index (χ1v) is 7.60. The zero-order chi connectivity index (χ0) is 14.8. The number of hydrogen-bond acceptors (Lipinski definition) is 5. The Morgan fingerprint density at radius 2 is 2.25 bits per heavy atom. The maximum absolute atomic E-state index is 12.0. The fourth-order valence-corrected chi connectivity index (χ4v) is 2.63. The van der Waals surface area contributed by atoms with Crippen LogP contribution in [0.25, 0.3) is 0 Å². The smallest absolute Gasteiger partial charge is 0.266 e. The maximum Gasteiger partial charge on any atom is 0.266 e. The minimum Gasteiger partial charge on any atom is -0.444 e. The van der Waals surface area contributed by atoms with Gasteiger partial charge in [0.15, 0.2) is 0 Å². The second kappa shape index (κ2) is 5.78. The van der Waals surface area contributed by atoms with Crippen molar-refractivity contribution in [2.75, 3.05) is 0 Å². The Morgan fingerprint density at radius 3 is 2.85 bits per heavy atom. The molecule has 0 fully saturated rings. The highest BCUT2D eigenvalue weighted by Gasteiger charge is 2.16. The Hall–Kier alpha value is -1.64. The Balaban J connectivity index is 2.14. The van der Waals surface area contributed by atoms with Gasteiger partial charge in [0, 0.05) is 12.6 Å². The van der Waals surface area contributed by atoms with Gasteiger partial charge in [-0.15, -0.1) is 0 Å². The predicted octanol–water partition coefficient (Wildman–Crippen LogP) is 1.06. The summed E-state index contributed by atoms with van der Waals surface area (Å²) in [7, 11) is -3.80. The first-order valence-electron chi connectivity index (χ1n) is 5.74. The zero-order valence-electron chi connectivity index (χ0n) is 10.5. The van der Waals surface area contributed by atoms with Gasteiger partial charge in [-0.1, -0.05) is 18.5 Å². The molecule has 7 nitrogen and oxygen atoms in total. The molecule has 0 aliphatic heterocycles. The fourth-order valence-electron chi connectivity index (χ4n) is 1.43. The van der Waals surface area contributed by atoms with E-state index in [1.54, 1.807) is 6.20 Å². The molecule has 0 amide bonds. The lowest BCUT2D eigenvalue weighted by Crippen LogP contribution is -2.24. The topological polar surface area (TPSA) is 105 Å². The Bertz CT molecular complexity index is 766. The molecule has 0 radical (unpaired) electrons. The number of nitrogens with one attached hydrogen (secondary N) is 2. The van der Waals surface area contributed by atoms with Gasteiger partial charge in [0.25, 0.3) is 5.56 Å². The van der Waals surface area contributed by atoms with Crippen LogP contribution in [0.1, 0.15) is 18.6 Å². The summed E-state index contributed by atoms with van der Waals surface area (Å²) in [6, 6.07) is 1.08. The van der Waals surface area contributed by atoms with Gasteiger partial charge in [-0.3, -0.25) is 4.79 Å². The van der Waals surface area contributed by atoms with Crippen LogP contribution < -0.4 is 10.3 Å². The molecule has 0 atom stereocenters. The van der Waals surface area contributed by atoms with E-state index in [4.69, 9.17) is 16.0 Å². The molecule has 2 aromatic rings. The summed E-state index contributed by atoms with van der Waals surface area (Å²) in [5.41, 5.74) is -0.550. The fraction of sp³-hybridized carbons (Fsp3) is 0.273. The van der Waals surface area contributed by atoms with Gasteiger partial charge in [0.2, 0.25) is 15.9 Å². The molecule has 0 aliphatic rings. The van der Waals surface area contributed by atoms with Crippen molar-refractivity contribution in [2.45, 2.75) is 24.8 Å². The third-order valence-electron chi connectivity index (χ3n) is 2.51. The second-order valence-electron chi connectivity index (χ2n) is 3.91. The van der Waals surface area contributed by atoms with Gasteiger partial charge in [-0.05, 0) is 6.07 Å². The molecule has 2 aromatic heterocycles. The molecule has 0 aromatic carbocycles. The molecule has 0 bridgehead atoms. The summed E-state index contributed by atoms with van der Waals surface area (Å²) in [5, 5.41) is -0.197. The van der Waals surface area contributed by atoms with Crippen molar-refractivity contribution in [2.24, 2.45) is 0 Å². The molecule has 0 aliphatic carbocycles. The molecule has 2 heterocycles. The first-order chi connectivity index (χ1) is 9.42. The predicted molar refractivity (Wildman–Crippen MR) is 72.0 cm³/mol. The van der Waals surface area contributed by atoms with Gasteiger partial charge in [-0.25, -0.2) is 18.1 Å². The van der Waals surface area contributed by atoms with E-state index in [2.05, 4.69) is 14.7 Å². The lowest BCUT2D eigenvalue weighted by molar-refractivity contribution is 0.452. The highest BCUT2D eigenvalue weighted by molar-refractivity contribution is 7.89. The lowest BCUT2D eigenvalue weighted by atomic mass is 10.4. The SMILES string of the molecule is CCc1cnc(CNS(=O)(=O)c2c[nH]c(=O)c(Cl)c2)o1. The normalized spacial score (nSPS) is 11.7. The van der Waals surface area contributed by atoms with E-state index in [1.807, 2.05) is 6.92 Å². The van der Waals surface area contributed by atoms with Crippen LogP contribution in [0.5, 0.6) is 0 Å². The monoisotopic (exact) mass is 317 g/mol. The molecule has 2 rings (SSSR count). The molecule has 0 spiro atoms. The van der Waals surface area contributed by atoms with E-state index in [0.717, 1.165) is 12.3 Å². The lowest BCUT2D eigenvalue weighted by Gasteiger charge is -2.04. The highest BCUT2D eigenvalue weighted by atomic mass is 35.5. The molecule has 0 saturated carbocycles. The molecule has 108 valence electrons. The molecule has 20 heavy (non-hydrogen) atoms. The number of aromatic amines is 1. The van der Waals surface area contributed by atoms with E-state index >= 15 is 0 Å². The maximum atomic E-state index is 12.0. The van der Waals surface area contributed by atoms with Crippen molar-refractivity contribution in [3.63, 3.8) is 0 Å². The van der Waals surface area contributed by atoms with Gasteiger partial charge >= 0.3 is 0 Å². The van der Waals surface area contributed by atoms with Crippen molar-refractivity contribution < 1.29 is 12.8 Å². The average molecular weight is 318 g/mol. The Labute approximate surface area is 120 Å². The number of pyridine rings is 1. The van der Waals surface area contributed by atoms with Crippen molar-refractivity contribution in [3.05, 3.63) is 45.5 Å². The number of halogens is 1. The summed E-state index contributed by atoms with van der Waals surface area (Å²) in [4.78, 5) is 17.1. The number of aromatic nitrogens is 2. The van der Waals surface area contributed by atoms with Gasteiger partial charge < -0.3 is 9.40 Å². The van der Waals surface area contributed by atoms with Gasteiger partial charge in [0.1, 0.15) is 10.8 Å². The van der Waals surface area contributed by atoms with Crippen molar-refractivity contribution in [1.82, 2.24) is 14.7 Å². The Morgan fingerprint density at radius 1 is 1.50 bits per heavy atom. The molecular weight excluding hydrogens is 306 g/mol. The Kier molecular flexibility index (Phi) is 4.26. The van der Waals surface area contributed by atoms with E-state index in [1.165, 1.54) is 0 Å². The number of aryl methyl sites for hydroxylation is 1. The van der Waals surface area contributed by atoms with E-state index in [-0.39, 0.29) is 22.4 Å². The van der Waals surface area contributed by atoms with Crippen LogP contribution in [0.2, 0.25) is 5.02 Å². The van der Waals surface area contributed by atoms with E-state index < -0.39 is 15.6 Å². The summed E-state index contributed by atoms with van der Waals surface area (Å²) >= 11 is 5.59. The average Bonchev–Trinajstić information content (AvgIpc) is 2.87. The van der Waals surface area contributed by atoms with Crippen LogP contribution in [0.3, 0.4) is 0 Å². The van der Waals surface area contributed by atoms with Crippen molar-refractivity contribution in [3.8, 4) is 0 Å². The second-order valence-corrected chi connectivity index (χ2v) is 6.09. The molecule has 2 N–H and O–H groups in total. The van der Waals surface area contributed by atoms with Crippen molar-refractivity contribution in [1.29, 1.82) is 0 Å². The third kappa shape index (κ3) is 3.27. The highest BCUT2D eigenvalue weighted by Crippen LogP contribution is 2.11. The van der Waals surface area contributed by atoms with Crippen LogP contribution in [-0.2, 0) is 23.0 Å². The van der Waals surface area contributed by atoms with Crippen LogP contribution >= 0.6 is 11.6 Å². The third-order valence-corrected chi connectivity index (χ3v) is 4.17. The number of hydrogen-bond donors (Lipinski definition) is 2. The number of rotatable bonds is 5. The van der Waals surface area contributed by atoms with E-state index in [0.29, 0.717) is 12.2 Å². The standard InChI is InChI=1S/C11H12ClN3O4S/c1-2-7-4-13-10(19-7)6-15-20(17,18)8-3-9(12)11(16)14-5-8/h3-5,15H,2,6H2,1H3,(H,14,16). The quantitative estimate of drug-likeness (QED) is 0.857. The zero-order valence-corrected chi connectivity index (χ0v) is 12.1. The van der Waals surface area contributed by atoms with Crippen LogP contribution in [0.15, 0.2) is 32.6 Å². The molecule has 0 saturated heterocycles. The minimum atomic E-state index is -3.80. The largest absolute Gasteiger partial charge is 0.444 e. The summed E-state index contributed by atoms with van der Waals surface area (Å²) < 4.78 is 31.6. The van der Waals surface area contributed by atoms with Crippen LogP contribution in [0, 0.1) is 0 Å². The van der Waals surface area contributed by atoms with Crippen LogP contribution in [0.4, 0.5) is 0 Å². The number of oxazole rings is 1. The van der Waals surface area contributed by atoms with Crippen LogP contribution in [-0.4, -0.2) is 18.4 Å². The molecule has 9 heteroatoms. The number of sulfonamides is 1. The number of nitrogens with zero attached hydrogens (tertiary/aromatic N) is 1. The molecular formula is C11H12ClN3O4S. The summed E-state index contributed by atoms with van der Waals surface area (Å²) in [6.07, 6.45) is 3.29. The molecule has 0 unspecified atom stereocenters.